The number of hydrogen-bond donors (Lipinski definition) is 0. The number of aldehydes is 1. The molecule has 9 nitrogen and oxygen atoms in total. The fourth-order valence-corrected chi connectivity index (χ4v) is 7.30. The molecule has 4 rings (SSSR count). The zero-order valence-corrected chi connectivity index (χ0v) is 30.3. The van der Waals surface area contributed by atoms with Crippen molar-refractivity contribution in [2.75, 3.05) is 6.61 Å². The van der Waals surface area contributed by atoms with Gasteiger partial charge in [0.15, 0.2) is 39.0 Å². The van der Waals surface area contributed by atoms with Gasteiger partial charge in [-0.3, -0.25) is 0 Å². The Morgan fingerprint density at radius 1 is 0.776 bits per heavy atom. The zero-order chi connectivity index (χ0) is 35.6. The van der Waals surface area contributed by atoms with E-state index in [1.165, 1.54) is 11.8 Å². The molecule has 0 radical (unpaired) electrons. The molecule has 3 aromatic carbocycles. The fourth-order valence-electron chi connectivity index (χ4n) is 4.80. The molecule has 3 aromatic rings. The summed E-state index contributed by atoms with van der Waals surface area (Å²) in [7, 11) is -2.16. The lowest BCUT2D eigenvalue weighted by Crippen LogP contribution is -2.61. The van der Waals surface area contributed by atoms with Crippen molar-refractivity contribution in [1.29, 1.82) is 0 Å². The first-order valence-electron chi connectivity index (χ1n) is 16.1. The molecular weight excluding hydrogens is 661 g/mol. The van der Waals surface area contributed by atoms with E-state index in [4.69, 9.17) is 23.4 Å². The molecule has 0 saturated carbocycles. The number of carbonyl (C=O) groups excluding carboxylic acids is 4. The summed E-state index contributed by atoms with van der Waals surface area (Å²) in [5, 5.41) is -0.281. The van der Waals surface area contributed by atoms with E-state index >= 15 is 0 Å². The molecule has 49 heavy (non-hydrogen) atoms. The Morgan fingerprint density at radius 3 is 1.61 bits per heavy atom. The maximum atomic E-state index is 13.6. The Balaban J connectivity index is 1.75. The van der Waals surface area contributed by atoms with Gasteiger partial charge in [-0.15, -0.1) is 18.3 Å². The number of rotatable bonds is 14. The van der Waals surface area contributed by atoms with Gasteiger partial charge in [-0.2, -0.15) is 0 Å². The standard InChI is InChI=1S/C38H44O9SSi/c1-7-17-29(25-43-49(5,6)38(2,3)4)48-37-33(47-36(42)28-22-15-10-16-23-28)32(46-35(41)27-20-13-9-14-21-27)31(30(24-39)44-37)45-34(40)26-18-11-8-12-19-26/h7-16,18-24,29-33,37H,1,17,25H2,2-6H3/t29?,30-,31+,32+,33-,37-/m1/s1. The van der Waals surface area contributed by atoms with E-state index in [0.717, 1.165) is 0 Å². The van der Waals surface area contributed by atoms with Gasteiger partial charge in [0, 0.05) is 11.9 Å². The molecular formula is C38H44O9SSi. The van der Waals surface area contributed by atoms with Crippen molar-refractivity contribution in [3.05, 3.63) is 120 Å². The Kier molecular flexibility index (Phi) is 13.2. The van der Waals surface area contributed by atoms with Gasteiger partial charge in [-0.05, 0) is 61.0 Å². The number of carbonyl (C=O) groups is 4. The van der Waals surface area contributed by atoms with Crippen LogP contribution in [0.3, 0.4) is 0 Å². The highest BCUT2D eigenvalue weighted by Gasteiger charge is 2.53. The third-order valence-electron chi connectivity index (χ3n) is 8.62. The minimum Gasteiger partial charge on any atom is -0.451 e. The third kappa shape index (κ3) is 10.0. The van der Waals surface area contributed by atoms with Gasteiger partial charge < -0.3 is 28.2 Å². The summed E-state index contributed by atoms with van der Waals surface area (Å²) in [6.07, 6.45) is -2.79. The summed E-state index contributed by atoms with van der Waals surface area (Å²) >= 11 is 1.29. The van der Waals surface area contributed by atoms with Crippen molar-refractivity contribution in [2.24, 2.45) is 0 Å². The van der Waals surface area contributed by atoms with E-state index in [9.17, 15) is 19.2 Å². The van der Waals surface area contributed by atoms with Crippen LogP contribution in [0.2, 0.25) is 18.1 Å². The number of hydrogen-bond acceptors (Lipinski definition) is 10. The third-order valence-corrected chi connectivity index (χ3v) is 14.5. The first kappa shape index (κ1) is 37.8. The first-order chi connectivity index (χ1) is 23.3. The van der Waals surface area contributed by atoms with Crippen LogP contribution in [-0.4, -0.2) is 74.2 Å². The van der Waals surface area contributed by atoms with E-state index in [2.05, 4.69) is 40.4 Å². The van der Waals surface area contributed by atoms with Crippen LogP contribution >= 0.6 is 11.8 Å². The van der Waals surface area contributed by atoms with Gasteiger partial charge in [-0.1, -0.05) is 81.4 Å². The van der Waals surface area contributed by atoms with Crippen molar-refractivity contribution in [3.8, 4) is 0 Å². The topological polar surface area (TPSA) is 114 Å². The molecule has 6 atom stereocenters. The Hall–Kier alpha value is -4.03. The monoisotopic (exact) mass is 704 g/mol. The summed E-state index contributed by atoms with van der Waals surface area (Å²) in [5.74, 6) is -2.24. The van der Waals surface area contributed by atoms with Crippen molar-refractivity contribution in [1.82, 2.24) is 0 Å². The minimum atomic E-state index is -2.16. The predicted molar refractivity (Wildman–Crippen MR) is 191 cm³/mol. The Morgan fingerprint density at radius 2 is 1.20 bits per heavy atom. The number of esters is 3. The van der Waals surface area contributed by atoms with Crippen LogP contribution in [0.1, 0.15) is 58.3 Å². The molecule has 1 fully saturated rings. The normalized spacial score (nSPS) is 21.5. The maximum absolute atomic E-state index is 13.6. The summed E-state index contributed by atoms with van der Waals surface area (Å²) in [5.41, 5.74) is -0.354. The van der Waals surface area contributed by atoms with Gasteiger partial charge in [0.05, 0.1) is 16.7 Å². The molecule has 11 heteroatoms. The van der Waals surface area contributed by atoms with Crippen LogP contribution in [0.5, 0.6) is 0 Å². The van der Waals surface area contributed by atoms with Crippen molar-refractivity contribution >= 4 is 44.3 Å². The lowest BCUT2D eigenvalue weighted by atomic mass is 9.99. The Labute approximate surface area is 293 Å². The minimum absolute atomic E-state index is 0.0410. The molecule has 0 bridgehead atoms. The van der Waals surface area contributed by atoms with E-state index in [1.807, 2.05) is 0 Å². The second-order valence-electron chi connectivity index (χ2n) is 13.2. The molecule has 1 saturated heterocycles. The van der Waals surface area contributed by atoms with Crippen molar-refractivity contribution < 1.29 is 42.6 Å². The van der Waals surface area contributed by atoms with Crippen LogP contribution in [0.15, 0.2) is 104 Å². The lowest BCUT2D eigenvalue weighted by Gasteiger charge is -2.44. The largest absolute Gasteiger partial charge is 0.451 e. The number of thioether (sulfide) groups is 1. The second kappa shape index (κ2) is 17.1. The molecule has 0 N–H and O–H groups in total. The highest BCUT2D eigenvalue weighted by atomic mass is 32.2. The van der Waals surface area contributed by atoms with Gasteiger partial charge >= 0.3 is 17.9 Å². The lowest BCUT2D eigenvalue weighted by molar-refractivity contribution is -0.195. The van der Waals surface area contributed by atoms with Crippen molar-refractivity contribution in [2.45, 2.75) is 80.4 Å². The van der Waals surface area contributed by atoms with Crippen LogP contribution in [0, 0.1) is 0 Å². The average Bonchev–Trinajstić information content (AvgIpc) is 3.09. The highest BCUT2D eigenvalue weighted by molar-refractivity contribution is 8.00. The average molecular weight is 705 g/mol. The molecule has 1 aliphatic heterocycles. The van der Waals surface area contributed by atoms with Crippen LogP contribution in [-0.2, 0) is 28.2 Å². The number of benzene rings is 3. The maximum Gasteiger partial charge on any atom is 0.338 e. The molecule has 0 aromatic heterocycles. The quantitative estimate of drug-likeness (QED) is 0.0557. The van der Waals surface area contributed by atoms with Crippen molar-refractivity contribution in [3.63, 3.8) is 0 Å². The number of ether oxygens (including phenoxy) is 4. The van der Waals surface area contributed by atoms with Gasteiger partial charge in [0.25, 0.3) is 0 Å². The predicted octanol–water partition coefficient (Wildman–Crippen LogP) is 7.29. The van der Waals surface area contributed by atoms with Gasteiger partial charge in [0.1, 0.15) is 5.44 Å². The molecule has 1 unspecified atom stereocenters. The van der Waals surface area contributed by atoms with Crippen LogP contribution in [0.25, 0.3) is 0 Å². The summed E-state index contributed by atoms with van der Waals surface area (Å²) in [6, 6.07) is 24.8. The zero-order valence-electron chi connectivity index (χ0n) is 28.5. The first-order valence-corrected chi connectivity index (χ1v) is 20.0. The molecule has 1 aliphatic rings. The van der Waals surface area contributed by atoms with E-state index in [-0.39, 0.29) is 27.0 Å². The van der Waals surface area contributed by atoms with E-state index < -0.39 is 56.1 Å². The molecule has 0 aliphatic carbocycles. The second-order valence-corrected chi connectivity index (χ2v) is 19.4. The summed E-state index contributed by atoms with van der Waals surface area (Å²) < 4.78 is 30.9. The van der Waals surface area contributed by atoms with Crippen LogP contribution in [0.4, 0.5) is 0 Å². The molecule has 260 valence electrons. The summed E-state index contributed by atoms with van der Waals surface area (Å²) in [4.78, 5) is 53.2. The summed E-state index contributed by atoms with van der Waals surface area (Å²) in [6.45, 7) is 15.0. The Bertz CT molecular complexity index is 1560. The van der Waals surface area contributed by atoms with E-state index in [0.29, 0.717) is 19.3 Å². The smallest absolute Gasteiger partial charge is 0.338 e. The highest BCUT2D eigenvalue weighted by Crippen LogP contribution is 2.40. The van der Waals surface area contributed by atoms with Gasteiger partial charge in [-0.25, -0.2) is 14.4 Å². The van der Waals surface area contributed by atoms with E-state index in [1.54, 1.807) is 97.1 Å². The fraction of sp³-hybridized carbons (Fsp3) is 0.368. The number of allylic oxidation sites excluding steroid dienone is 1. The van der Waals surface area contributed by atoms with Gasteiger partial charge in [0.2, 0.25) is 0 Å². The molecule has 0 amide bonds. The van der Waals surface area contributed by atoms with Crippen LogP contribution < -0.4 is 0 Å². The molecule has 1 heterocycles. The molecule has 0 spiro atoms. The SMILES string of the molecule is C=CCC(CO[Si](C)(C)C(C)(C)C)S[C@H]1O[C@H](C=O)[C@H](OC(=O)c2ccccc2)[C@H](OC(=O)c2ccccc2)[C@H]1OC(=O)c1ccccc1.